The van der Waals surface area contributed by atoms with Gasteiger partial charge in [-0.25, -0.2) is 14.1 Å². The van der Waals surface area contributed by atoms with Gasteiger partial charge in [0.1, 0.15) is 41.4 Å². The molecular formula is C34H47N6O10P. The maximum absolute atomic E-state index is 14.5. The minimum atomic E-state index is -4.40. The van der Waals surface area contributed by atoms with Crippen LogP contribution < -0.4 is 15.3 Å². The molecule has 17 heteroatoms. The molecule has 278 valence electrons. The lowest BCUT2D eigenvalue weighted by molar-refractivity contribution is -0.175. The molecule has 2 aliphatic heterocycles. The standard InChI is InChI=1S/C34H47N6O10P/c1-20(2)31(41)47-28-27(25-13-14-26-30(35)36-19-37-40(25)26)49-34(6,29(28)48-32(42)21(3)4)18-45-51(44,50-23-11-9-8-10-12-23)38-22(5)33(43)46-24-15-16-39(7)17-24/h8-14,19-22,24,27-29H,15-18H2,1-7H3,(H,38,44)(H2,35,36,37)/t22-,24-,27-,28-,29-,34+,51?/m0/s1. The molecule has 2 aromatic heterocycles. The lowest BCUT2D eigenvalue weighted by Gasteiger charge is -2.33. The highest BCUT2D eigenvalue weighted by atomic mass is 31.2. The first-order chi connectivity index (χ1) is 24.1. The van der Waals surface area contributed by atoms with Crippen molar-refractivity contribution in [1.29, 1.82) is 0 Å². The summed E-state index contributed by atoms with van der Waals surface area (Å²) >= 11 is 0. The Morgan fingerprint density at radius 3 is 2.35 bits per heavy atom. The number of hydrogen-bond donors (Lipinski definition) is 2. The monoisotopic (exact) mass is 730 g/mol. The SMILES string of the molecule is CC(C)C(=O)O[C@H]1[C@H](c2ccc3c(N)ncnn23)O[C@](C)(COP(=O)(N[C@@H](C)C(=O)O[C@H]2CCN(C)C2)Oc2ccccc2)[C@H]1OC(=O)C(C)C. The van der Waals surface area contributed by atoms with E-state index in [9.17, 15) is 18.9 Å². The van der Waals surface area contributed by atoms with Gasteiger partial charge in [0, 0.05) is 13.1 Å². The van der Waals surface area contributed by atoms with E-state index < -0.39 is 74.1 Å². The van der Waals surface area contributed by atoms with Gasteiger partial charge in [-0.2, -0.15) is 10.2 Å². The second-order valence-electron chi connectivity index (χ2n) is 13.8. The van der Waals surface area contributed by atoms with E-state index in [1.165, 1.54) is 17.8 Å². The average molecular weight is 731 g/mol. The summed E-state index contributed by atoms with van der Waals surface area (Å²) in [5, 5.41) is 7.03. The molecule has 51 heavy (non-hydrogen) atoms. The van der Waals surface area contributed by atoms with Crippen LogP contribution in [0.2, 0.25) is 0 Å². The second-order valence-corrected chi connectivity index (χ2v) is 15.4. The van der Waals surface area contributed by atoms with Crippen LogP contribution in [0.1, 0.15) is 59.8 Å². The van der Waals surface area contributed by atoms with E-state index in [0.29, 0.717) is 24.2 Å². The first-order valence-electron chi connectivity index (χ1n) is 16.9. The summed E-state index contributed by atoms with van der Waals surface area (Å²) in [6, 6.07) is 10.6. The van der Waals surface area contributed by atoms with Crippen molar-refractivity contribution in [2.75, 3.05) is 32.5 Å². The van der Waals surface area contributed by atoms with Crippen LogP contribution in [0.4, 0.5) is 5.82 Å². The van der Waals surface area contributed by atoms with Gasteiger partial charge in [0.25, 0.3) is 0 Å². The highest BCUT2D eigenvalue weighted by Gasteiger charge is 2.59. The van der Waals surface area contributed by atoms with Gasteiger partial charge >= 0.3 is 25.7 Å². The van der Waals surface area contributed by atoms with E-state index in [-0.39, 0.29) is 17.7 Å². The summed E-state index contributed by atoms with van der Waals surface area (Å²) in [5.41, 5.74) is 5.39. The molecule has 1 aromatic carbocycles. The smallest absolute Gasteiger partial charge is 0.459 e. The maximum atomic E-state index is 14.5. The number of para-hydroxylation sites is 1. The fraction of sp³-hybridized carbons (Fsp3) is 0.559. The number of nitrogens with one attached hydrogen (secondary N) is 1. The second kappa shape index (κ2) is 15.7. The van der Waals surface area contributed by atoms with Crippen LogP contribution in [0.25, 0.3) is 5.52 Å². The number of carbonyl (C=O) groups excluding carboxylic acids is 3. The predicted octanol–water partition coefficient (Wildman–Crippen LogP) is 3.71. The number of likely N-dealkylation sites (N-methyl/N-ethyl adjacent to an activating group) is 1. The quantitative estimate of drug-likeness (QED) is 0.138. The average Bonchev–Trinajstić information content (AvgIpc) is 3.77. The number of nitrogen functional groups attached to an aromatic ring is 1. The van der Waals surface area contributed by atoms with Gasteiger partial charge in [-0.05, 0) is 51.6 Å². The molecule has 0 amide bonds. The van der Waals surface area contributed by atoms with Gasteiger partial charge in [-0.15, -0.1) is 0 Å². The van der Waals surface area contributed by atoms with Crippen molar-refractivity contribution in [2.24, 2.45) is 11.8 Å². The number of hydrogen-bond acceptors (Lipinski definition) is 14. The summed E-state index contributed by atoms with van der Waals surface area (Å²) in [5.74, 6) is -2.49. The Labute approximate surface area is 296 Å². The molecule has 7 atom stereocenters. The first-order valence-corrected chi connectivity index (χ1v) is 18.5. The van der Waals surface area contributed by atoms with Crippen molar-refractivity contribution in [2.45, 2.75) is 84.0 Å². The molecule has 3 aromatic rings. The summed E-state index contributed by atoms with van der Waals surface area (Å²) in [6.07, 6.45) is -1.90. The lowest BCUT2D eigenvalue weighted by Crippen LogP contribution is -2.49. The third kappa shape index (κ3) is 8.87. The maximum Gasteiger partial charge on any atom is 0.459 e. The highest BCUT2D eigenvalue weighted by molar-refractivity contribution is 7.52. The Morgan fingerprint density at radius 1 is 1.02 bits per heavy atom. The number of nitrogens with zero attached hydrogens (tertiary/aromatic N) is 4. The van der Waals surface area contributed by atoms with Gasteiger partial charge in [-0.1, -0.05) is 45.9 Å². The van der Waals surface area contributed by atoms with Crippen LogP contribution in [0.5, 0.6) is 5.75 Å². The van der Waals surface area contributed by atoms with Gasteiger partial charge in [0.05, 0.1) is 24.1 Å². The van der Waals surface area contributed by atoms with Crippen LogP contribution in [-0.4, -0.2) is 94.1 Å². The molecule has 2 saturated heterocycles. The van der Waals surface area contributed by atoms with E-state index in [1.807, 2.05) is 11.9 Å². The van der Waals surface area contributed by atoms with E-state index in [0.717, 1.165) is 6.54 Å². The predicted molar refractivity (Wildman–Crippen MR) is 184 cm³/mol. The summed E-state index contributed by atoms with van der Waals surface area (Å²) in [7, 11) is -2.47. The number of carbonyl (C=O) groups is 3. The molecule has 2 aliphatic rings. The summed E-state index contributed by atoms with van der Waals surface area (Å²) < 4.78 is 52.3. The lowest BCUT2D eigenvalue weighted by atomic mass is 9.95. The van der Waals surface area contributed by atoms with Crippen LogP contribution in [0, 0.1) is 11.8 Å². The molecule has 0 radical (unpaired) electrons. The molecule has 0 saturated carbocycles. The third-order valence-corrected chi connectivity index (χ3v) is 10.3. The Morgan fingerprint density at radius 2 is 1.71 bits per heavy atom. The zero-order chi connectivity index (χ0) is 37.1. The molecule has 3 N–H and O–H groups in total. The Bertz CT molecular complexity index is 1760. The first kappa shape index (κ1) is 38.2. The zero-order valence-corrected chi connectivity index (χ0v) is 30.8. The number of anilines is 1. The van der Waals surface area contributed by atoms with Crippen molar-refractivity contribution in [3.05, 3.63) is 54.5 Å². The van der Waals surface area contributed by atoms with E-state index in [1.54, 1.807) is 77.1 Å². The van der Waals surface area contributed by atoms with Crippen LogP contribution in [0.15, 0.2) is 48.8 Å². The minimum absolute atomic E-state index is 0.199. The highest BCUT2D eigenvalue weighted by Crippen LogP contribution is 2.50. The van der Waals surface area contributed by atoms with Gasteiger partial charge < -0.3 is 34.1 Å². The van der Waals surface area contributed by atoms with E-state index in [4.69, 9.17) is 33.7 Å². The summed E-state index contributed by atoms with van der Waals surface area (Å²) in [6.45, 7) is 10.6. The van der Waals surface area contributed by atoms with Crippen molar-refractivity contribution in [3.63, 3.8) is 0 Å². The van der Waals surface area contributed by atoms with Crippen LogP contribution in [0.3, 0.4) is 0 Å². The number of rotatable bonds is 14. The minimum Gasteiger partial charge on any atom is -0.460 e. The number of benzene rings is 1. The fourth-order valence-corrected chi connectivity index (χ4v) is 7.37. The Hall–Kier alpha value is -4.08. The Kier molecular flexibility index (Phi) is 11.7. The third-order valence-electron chi connectivity index (χ3n) is 8.66. The Balaban J connectivity index is 1.48. The van der Waals surface area contributed by atoms with Crippen LogP contribution >= 0.6 is 7.75 Å². The van der Waals surface area contributed by atoms with Crippen molar-refractivity contribution < 1.29 is 46.9 Å². The number of likely N-dealkylation sites (tertiary alicyclic amines) is 1. The van der Waals surface area contributed by atoms with Gasteiger partial charge in [0.2, 0.25) is 0 Å². The van der Waals surface area contributed by atoms with Gasteiger partial charge in [-0.3, -0.25) is 18.9 Å². The number of fused-ring (bicyclic) bond motifs is 1. The zero-order valence-electron chi connectivity index (χ0n) is 29.9. The molecule has 4 heterocycles. The van der Waals surface area contributed by atoms with Crippen molar-refractivity contribution in [1.82, 2.24) is 24.6 Å². The number of esters is 3. The molecule has 0 bridgehead atoms. The normalized spacial score (nSPS) is 25.5. The molecule has 16 nitrogen and oxygen atoms in total. The van der Waals surface area contributed by atoms with Gasteiger partial charge in [0.15, 0.2) is 18.0 Å². The molecule has 0 spiro atoms. The summed E-state index contributed by atoms with van der Waals surface area (Å²) in [4.78, 5) is 45.5. The van der Waals surface area contributed by atoms with Crippen molar-refractivity contribution in [3.8, 4) is 5.75 Å². The number of ether oxygens (including phenoxy) is 4. The molecule has 2 fully saturated rings. The fourth-order valence-electron chi connectivity index (χ4n) is 5.78. The van der Waals surface area contributed by atoms with E-state index >= 15 is 0 Å². The van der Waals surface area contributed by atoms with Crippen molar-refractivity contribution >= 4 is 37.0 Å². The number of nitrogens with two attached hydrogens (primary N) is 1. The van der Waals surface area contributed by atoms with Crippen LogP contribution in [-0.2, 0) is 42.4 Å². The molecule has 1 unspecified atom stereocenters. The topological polar surface area (TPSA) is 195 Å². The molecular weight excluding hydrogens is 683 g/mol. The largest absolute Gasteiger partial charge is 0.460 e. The molecule has 0 aliphatic carbocycles. The number of aromatic nitrogens is 3. The van der Waals surface area contributed by atoms with E-state index in [2.05, 4.69) is 15.2 Å². The molecule has 5 rings (SSSR count).